The first-order valence-corrected chi connectivity index (χ1v) is 23.7. The van der Waals surface area contributed by atoms with Gasteiger partial charge >= 0.3 is 0 Å². The third-order valence-corrected chi connectivity index (χ3v) is 15.1. The molecule has 320 valence electrons. The molecule has 0 aromatic heterocycles. The van der Waals surface area contributed by atoms with Crippen molar-refractivity contribution in [1.29, 1.82) is 0 Å². The number of hydrogen-bond donors (Lipinski definition) is 0. The highest BCUT2D eigenvalue weighted by atomic mass is 15.1. The van der Waals surface area contributed by atoms with Crippen LogP contribution in [0.2, 0.25) is 0 Å². The molecule has 2 aliphatic carbocycles. The first-order chi connectivity index (χ1) is 33.6. The van der Waals surface area contributed by atoms with E-state index in [0.29, 0.717) is 0 Å². The second kappa shape index (κ2) is 15.8. The minimum Gasteiger partial charge on any atom is -0.310 e. The quantitative estimate of drug-likeness (QED) is 0.147. The number of fused-ring (bicyclic) bond motifs is 7. The lowest BCUT2D eigenvalue weighted by molar-refractivity contribution is 0.714. The van der Waals surface area contributed by atoms with Crippen molar-refractivity contribution in [3.63, 3.8) is 0 Å². The van der Waals surface area contributed by atoms with Gasteiger partial charge in [0.2, 0.25) is 0 Å². The zero-order valence-electron chi connectivity index (χ0n) is 37.9. The molecule has 0 heterocycles. The summed E-state index contributed by atoms with van der Waals surface area (Å²) in [7, 11) is 0. The van der Waals surface area contributed by atoms with Crippen molar-refractivity contribution >= 4 is 27.8 Å². The Hall–Kier alpha value is -8.52. The lowest BCUT2D eigenvalue weighted by atomic mass is 9.67. The van der Waals surface area contributed by atoms with E-state index in [9.17, 15) is 0 Å². The molecular weight excluding hydrogens is 819 g/mol. The summed E-state index contributed by atoms with van der Waals surface area (Å²) in [4.78, 5) is 2.44. The molecule has 0 amide bonds. The Labute approximate surface area is 398 Å². The van der Waals surface area contributed by atoms with Crippen LogP contribution in [0.25, 0.3) is 55.3 Å². The van der Waals surface area contributed by atoms with Gasteiger partial charge < -0.3 is 4.90 Å². The largest absolute Gasteiger partial charge is 0.310 e. The average molecular weight is 866 g/mol. The second-order valence-corrected chi connectivity index (χ2v) is 18.5. The van der Waals surface area contributed by atoms with E-state index in [1.54, 1.807) is 0 Å². The van der Waals surface area contributed by atoms with Crippen molar-refractivity contribution in [2.24, 2.45) is 0 Å². The van der Waals surface area contributed by atoms with E-state index in [4.69, 9.17) is 0 Å². The molecule has 1 unspecified atom stereocenters. The molecule has 0 fully saturated rings. The van der Waals surface area contributed by atoms with Crippen molar-refractivity contribution in [2.75, 3.05) is 4.90 Å². The van der Waals surface area contributed by atoms with Gasteiger partial charge in [-0.15, -0.1) is 0 Å². The fraction of sp³-hybridized carbons (Fsp3) is 0.0448. The van der Waals surface area contributed by atoms with Crippen molar-refractivity contribution in [1.82, 2.24) is 0 Å². The van der Waals surface area contributed by atoms with Crippen LogP contribution in [0, 0.1) is 0 Å². The van der Waals surface area contributed by atoms with Gasteiger partial charge in [-0.25, -0.2) is 0 Å². The van der Waals surface area contributed by atoms with Crippen LogP contribution in [0.3, 0.4) is 0 Å². The maximum atomic E-state index is 2.46. The van der Waals surface area contributed by atoms with Crippen molar-refractivity contribution in [3.05, 3.63) is 306 Å². The predicted octanol–water partition coefficient (Wildman–Crippen LogP) is 17.3. The van der Waals surface area contributed by atoms with Crippen molar-refractivity contribution < 1.29 is 0 Å². The molecule has 0 spiro atoms. The minimum atomic E-state index is -0.514. The van der Waals surface area contributed by atoms with Crippen LogP contribution in [0.5, 0.6) is 0 Å². The van der Waals surface area contributed by atoms with E-state index in [-0.39, 0.29) is 5.41 Å². The van der Waals surface area contributed by atoms with Crippen LogP contribution in [0.4, 0.5) is 17.1 Å². The molecule has 2 aliphatic rings. The van der Waals surface area contributed by atoms with Gasteiger partial charge in [-0.05, 0) is 144 Å². The molecule has 0 radical (unpaired) electrons. The lowest BCUT2D eigenvalue weighted by Crippen LogP contribution is -2.28. The fourth-order valence-electron chi connectivity index (χ4n) is 11.8. The summed E-state index contributed by atoms with van der Waals surface area (Å²) in [5, 5.41) is 2.50. The standard InChI is InChI=1S/C67H47N/c1-66(50-20-5-2-6-21-50)62-30-15-13-27-58(62)60-42-36-49(44-64(60)66)46-32-37-53(38-33-46)68(54-39-34-48(35-40-54)57-29-17-19-47-18-11-12-26-56(47)57)55-41-43-61-59-28-14-16-31-63(59)67(65(61)45-55,51-22-7-3-8-23-51)52-24-9-4-10-25-52/h2-45H,1H3. The molecule has 1 nitrogen and oxygen atoms in total. The van der Waals surface area contributed by atoms with Crippen LogP contribution in [0.1, 0.15) is 45.9 Å². The molecule has 13 rings (SSSR count). The van der Waals surface area contributed by atoms with E-state index in [1.165, 1.54) is 94.2 Å². The summed E-state index contributed by atoms with van der Waals surface area (Å²) in [6.07, 6.45) is 0. The van der Waals surface area contributed by atoms with E-state index in [1.807, 2.05) is 0 Å². The molecule has 0 bridgehead atoms. The smallest absolute Gasteiger partial charge is 0.0714 e. The summed E-state index contributed by atoms with van der Waals surface area (Å²) in [6, 6.07) is 98.9. The Balaban J connectivity index is 0.968. The van der Waals surface area contributed by atoms with E-state index in [0.717, 1.165) is 17.1 Å². The van der Waals surface area contributed by atoms with Gasteiger partial charge in [0, 0.05) is 22.5 Å². The maximum Gasteiger partial charge on any atom is 0.0714 e. The van der Waals surface area contributed by atoms with Gasteiger partial charge in [-0.3, -0.25) is 0 Å². The Morgan fingerprint density at radius 2 is 0.735 bits per heavy atom. The summed E-state index contributed by atoms with van der Waals surface area (Å²) in [6.45, 7) is 2.39. The molecule has 0 saturated carbocycles. The number of rotatable bonds is 8. The number of benzene rings is 11. The Morgan fingerprint density at radius 1 is 0.279 bits per heavy atom. The average Bonchev–Trinajstić information content (AvgIpc) is 3.86. The highest BCUT2D eigenvalue weighted by molar-refractivity contribution is 5.97. The summed E-state index contributed by atoms with van der Waals surface area (Å²) >= 11 is 0. The van der Waals surface area contributed by atoms with Crippen molar-refractivity contribution in [3.8, 4) is 44.5 Å². The zero-order valence-corrected chi connectivity index (χ0v) is 37.9. The van der Waals surface area contributed by atoms with Gasteiger partial charge in [-0.1, -0.05) is 224 Å². The summed E-state index contributed by atoms with van der Waals surface area (Å²) in [5.41, 5.74) is 21.6. The highest BCUT2D eigenvalue weighted by Gasteiger charge is 2.46. The van der Waals surface area contributed by atoms with Gasteiger partial charge in [0.15, 0.2) is 0 Å². The van der Waals surface area contributed by atoms with Gasteiger partial charge in [0.1, 0.15) is 0 Å². The minimum absolute atomic E-state index is 0.264. The molecule has 68 heavy (non-hydrogen) atoms. The maximum absolute atomic E-state index is 2.46. The highest BCUT2D eigenvalue weighted by Crippen LogP contribution is 2.58. The third-order valence-electron chi connectivity index (χ3n) is 15.1. The van der Waals surface area contributed by atoms with Gasteiger partial charge in [0.25, 0.3) is 0 Å². The van der Waals surface area contributed by atoms with E-state index >= 15 is 0 Å². The second-order valence-electron chi connectivity index (χ2n) is 18.5. The Morgan fingerprint density at radius 3 is 1.41 bits per heavy atom. The van der Waals surface area contributed by atoms with E-state index < -0.39 is 5.41 Å². The fourth-order valence-corrected chi connectivity index (χ4v) is 11.8. The molecule has 11 aromatic carbocycles. The topological polar surface area (TPSA) is 3.24 Å². The molecule has 0 saturated heterocycles. The molecule has 11 aromatic rings. The third kappa shape index (κ3) is 6.02. The zero-order chi connectivity index (χ0) is 45.2. The molecule has 0 N–H and O–H groups in total. The summed E-state index contributed by atoms with van der Waals surface area (Å²) in [5.74, 6) is 0. The predicted molar refractivity (Wildman–Crippen MR) is 284 cm³/mol. The Bertz CT molecular complexity index is 3620. The molecule has 1 atom stereocenters. The van der Waals surface area contributed by atoms with Gasteiger partial charge in [-0.2, -0.15) is 0 Å². The first kappa shape index (κ1) is 39.8. The van der Waals surface area contributed by atoms with Gasteiger partial charge in [0.05, 0.1) is 5.41 Å². The number of anilines is 3. The lowest BCUT2D eigenvalue weighted by Gasteiger charge is -2.35. The number of hydrogen-bond acceptors (Lipinski definition) is 1. The first-order valence-electron chi connectivity index (χ1n) is 23.7. The van der Waals surface area contributed by atoms with Crippen LogP contribution in [0.15, 0.2) is 267 Å². The van der Waals surface area contributed by atoms with Crippen molar-refractivity contribution in [2.45, 2.75) is 17.8 Å². The Kier molecular flexibility index (Phi) is 9.27. The van der Waals surface area contributed by atoms with E-state index in [2.05, 4.69) is 279 Å². The SMILES string of the molecule is CC1(c2ccccc2)c2ccccc2-c2ccc(-c3ccc(N(c4ccc(-c5cccc6ccccc56)cc4)c4ccc5c(c4)C(c4ccccc4)(c4ccccc4)c4ccccc4-5)cc3)cc21. The summed E-state index contributed by atoms with van der Waals surface area (Å²) < 4.78 is 0. The van der Waals surface area contributed by atoms with Crippen LogP contribution < -0.4 is 4.90 Å². The molecule has 1 heteroatoms. The van der Waals surface area contributed by atoms with Crippen LogP contribution in [-0.2, 0) is 10.8 Å². The van der Waals surface area contributed by atoms with Crippen LogP contribution >= 0.6 is 0 Å². The van der Waals surface area contributed by atoms with Crippen LogP contribution in [-0.4, -0.2) is 0 Å². The number of nitrogens with zero attached hydrogens (tertiary/aromatic N) is 1. The normalized spacial score (nSPS) is 15.0. The molecular formula is C67H47N. The molecule has 0 aliphatic heterocycles. The monoisotopic (exact) mass is 865 g/mol.